The molecule has 3 aromatic rings. The Balaban J connectivity index is 1.58. The van der Waals surface area contributed by atoms with Crippen molar-refractivity contribution >= 4 is 5.69 Å². The molecular formula is C26H27NO7. The van der Waals surface area contributed by atoms with Gasteiger partial charge in [-0.15, -0.1) is 0 Å². The van der Waals surface area contributed by atoms with Gasteiger partial charge in [-0.2, -0.15) is 0 Å². The van der Waals surface area contributed by atoms with Gasteiger partial charge in [0.1, 0.15) is 11.5 Å². The van der Waals surface area contributed by atoms with Gasteiger partial charge in [-0.1, -0.05) is 6.92 Å². The van der Waals surface area contributed by atoms with Crippen LogP contribution in [0.5, 0.6) is 40.2 Å². The Hall–Kier alpha value is -3.94. The van der Waals surface area contributed by atoms with Crippen molar-refractivity contribution in [1.82, 2.24) is 0 Å². The normalized spacial score (nSPS) is 20.2. The van der Waals surface area contributed by atoms with Crippen LogP contribution in [0, 0.1) is 5.92 Å². The molecule has 0 bridgehead atoms. The standard InChI is InChI=1S/C26H27NO7/c1-14-24(15-9-19(28)25(31-4)23(10-15)30-3)18-11-21-22(33-13-32-21)12-20(18)34-26(14)27-16-5-7-17(29-2)8-6-16/h5-12,14,24,26-28H,13H2,1-4H3. The summed E-state index contributed by atoms with van der Waals surface area (Å²) in [5, 5.41) is 14.2. The van der Waals surface area contributed by atoms with E-state index in [-0.39, 0.29) is 30.6 Å². The van der Waals surface area contributed by atoms with Crippen molar-refractivity contribution in [3.05, 3.63) is 59.7 Å². The van der Waals surface area contributed by atoms with Crippen molar-refractivity contribution in [3.8, 4) is 40.2 Å². The highest BCUT2D eigenvalue weighted by atomic mass is 16.7. The van der Waals surface area contributed by atoms with Gasteiger partial charge >= 0.3 is 0 Å². The molecule has 0 radical (unpaired) electrons. The summed E-state index contributed by atoms with van der Waals surface area (Å²) in [6.45, 7) is 2.27. The summed E-state index contributed by atoms with van der Waals surface area (Å²) < 4.78 is 33.7. The highest BCUT2D eigenvalue weighted by Crippen LogP contribution is 2.51. The van der Waals surface area contributed by atoms with Gasteiger partial charge in [0, 0.05) is 29.2 Å². The SMILES string of the molecule is COc1ccc(NC2Oc3cc4c(cc3C(c3cc(O)c(OC)c(OC)c3)C2C)OCO4)cc1. The molecule has 5 rings (SSSR count). The summed E-state index contributed by atoms with van der Waals surface area (Å²) in [6.07, 6.45) is -0.360. The van der Waals surface area contributed by atoms with Crippen molar-refractivity contribution in [2.75, 3.05) is 33.4 Å². The lowest BCUT2D eigenvalue weighted by molar-refractivity contribution is 0.134. The Morgan fingerprint density at radius 2 is 1.62 bits per heavy atom. The topological polar surface area (TPSA) is 87.6 Å². The Morgan fingerprint density at radius 3 is 2.29 bits per heavy atom. The second-order valence-electron chi connectivity index (χ2n) is 8.27. The van der Waals surface area contributed by atoms with Crippen molar-refractivity contribution in [2.24, 2.45) is 5.92 Å². The van der Waals surface area contributed by atoms with Gasteiger partial charge in [-0.3, -0.25) is 0 Å². The van der Waals surface area contributed by atoms with Crippen molar-refractivity contribution < 1.29 is 33.5 Å². The van der Waals surface area contributed by atoms with E-state index < -0.39 is 0 Å². The first-order valence-corrected chi connectivity index (χ1v) is 11.0. The molecule has 8 heteroatoms. The van der Waals surface area contributed by atoms with Gasteiger partial charge in [0.25, 0.3) is 0 Å². The Labute approximate surface area is 197 Å². The number of rotatable bonds is 6. The van der Waals surface area contributed by atoms with E-state index >= 15 is 0 Å². The lowest BCUT2D eigenvalue weighted by atomic mass is 9.78. The molecule has 0 aliphatic carbocycles. The Morgan fingerprint density at radius 1 is 0.882 bits per heavy atom. The summed E-state index contributed by atoms with van der Waals surface area (Å²) in [4.78, 5) is 0. The van der Waals surface area contributed by atoms with Crippen molar-refractivity contribution in [2.45, 2.75) is 19.1 Å². The van der Waals surface area contributed by atoms with E-state index in [0.29, 0.717) is 28.7 Å². The zero-order chi connectivity index (χ0) is 23.8. The summed E-state index contributed by atoms with van der Waals surface area (Å²) in [6, 6.07) is 15.1. The number of fused-ring (bicyclic) bond motifs is 2. The van der Waals surface area contributed by atoms with Crippen LogP contribution in [0.4, 0.5) is 5.69 Å². The fourth-order valence-corrected chi connectivity index (χ4v) is 4.63. The number of benzene rings is 3. The fourth-order valence-electron chi connectivity index (χ4n) is 4.63. The molecule has 3 atom stereocenters. The maximum atomic E-state index is 10.7. The molecule has 0 saturated carbocycles. The number of ether oxygens (including phenoxy) is 6. The lowest BCUT2D eigenvalue weighted by Gasteiger charge is -2.39. The first-order chi connectivity index (χ1) is 16.5. The third-order valence-corrected chi connectivity index (χ3v) is 6.34. The lowest BCUT2D eigenvalue weighted by Crippen LogP contribution is -2.40. The number of hydrogen-bond acceptors (Lipinski definition) is 8. The van der Waals surface area contributed by atoms with E-state index in [2.05, 4.69) is 12.2 Å². The minimum absolute atomic E-state index is 0.0116. The molecule has 0 saturated heterocycles. The maximum Gasteiger partial charge on any atom is 0.231 e. The molecule has 178 valence electrons. The summed E-state index contributed by atoms with van der Waals surface area (Å²) in [7, 11) is 4.69. The number of aromatic hydroxyl groups is 1. The number of hydrogen-bond donors (Lipinski definition) is 2. The van der Waals surface area contributed by atoms with E-state index in [9.17, 15) is 5.11 Å². The average Bonchev–Trinajstić information content (AvgIpc) is 3.30. The van der Waals surface area contributed by atoms with Gasteiger partial charge in [-0.25, -0.2) is 0 Å². The van der Waals surface area contributed by atoms with E-state index in [0.717, 1.165) is 22.6 Å². The largest absolute Gasteiger partial charge is 0.504 e. The zero-order valence-corrected chi connectivity index (χ0v) is 19.5. The number of nitrogens with one attached hydrogen (secondary N) is 1. The van der Waals surface area contributed by atoms with Crippen molar-refractivity contribution in [1.29, 1.82) is 0 Å². The molecule has 2 aliphatic heterocycles. The second kappa shape index (κ2) is 8.78. The third-order valence-electron chi connectivity index (χ3n) is 6.34. The summed E-state index contributed by atoms with van der Waals surface area (Å²) in [5.41, 5.74) is 2.71. The molecule has 0 spiro atoms. The number of methoxy groups -OCH3 is 3. The summed E-state index contributed by atoms with van der Waals surface area (Å²) >= 11 is 0. The highest BCUT2D eigenvalue weighted by molar-refractivity contribution is 5.60. The minimum atomic E-state index is -0.360. The molecule has 3 unspecified atom stereocenters. The van der Waals surface area contributed by atoms with E-state index in [1.165, 1.54) is 7.11 Å². The third kappa shape index (κ3) is 3.75. The molecule has 0 aromatic heterocycles. The first kappa shape index (κ1) is 21.9. The van der Waals surface area contributed by atoms with Crippen LogP contribution in [-0.2, 0) is 0 Å². The molecular weight excluding hydrogens is 438 g/mol. The van der Waals surface area contributed by atoms with Gasteiger partial charge in [0.05, 0.1) is 21.3 Å². The molecule has 0 amide bonds. The van der Waals surface area contributed by atoms with Crippen LogP contribution in [0.25, 0.3) is 0 Å². The van der Waals surface area contributed by atoms with Crippen LogP contribution < -0.4 is 33.7 Å². The highest BCUT2D eigenvalue weighted by Gasteiger charge is 2.39. The zero-order valence-electron chi connectivity index (χ0n) is 19.5. The number of phenols is 1. The van der Waals surface area contributed by atoms with Crippen LogP contribution >= 0.6 is 0 Å². The molecule has 3 aromatic carbocycles. The molecule has 2 aliphatic rings. The molecule has 0 fully saturated rings. The van der Waals surface area contributed by atoms with Gasteiger partial charge in [-0.05, 0) is 48.0 Å². The first-order valence-electron chi connectivity index (χ1n) is 11.0. The van der Waals surface area contributed by atoms with Gasteiger partial charge in [0.2, 0.25) is 12.5 Å². The predicted octanol–water partition coefficient (Wildman–Crippen LogP) is 4.75. The molecule has 34 heavy (non-hydrogen) atoms. The van der Waals surface area contributed by atoms with E-state index in [4.69, 9.17) is 28.4 Å². The smallest absolute Gasteiger partial charge is 0.231 e. The monoisotopic (exact) mass is 465 g/mol. The predicted molar refractivity (Wildman–Crippen MR) is 126 cm³/mol. The van der Waals surface area contributed by atoms with E-state index in [1.54, 1.807) is 20.3 Å². The maximum absolute atomic E-state index is 10.7. The van der Waals surface area contributed by atoms with Gasteiger partial charge in [0.15, 0.2) is 29.2 Å². The van der Waals surface area contributed by atoms with Crippen LogP contribution in [0.3, 0.4) is 0 Å². The quantitative estimate of drug-likeness (QED) is 0.540. The Kier molecular flexibility index (Phi) is 5.65. The van der Waals surface area contributed by atoms with Gasteiger partial charge < -0.3 is 38.8 Å². The summed E-state index contributed by atoms with van der Waals surface area (Å²) in [5.74, 6) is 3.37. The van der Waals surface area contributed by atoms with Crippen LogP contribution in [-0.4, -0.2) is 39.5 Å². The number of phenolic OH excluding ortho intramolecular Hbond substituents is 1. The van der Waals surface area contributed by atoms with Crippen LogP contribution in [0.1, 0.15) is 24.0 Å². The van der Waals surface area contributed by atoms with Crippen LogP contribution in [0.15, 0.2) is 48.5 Å². The molecule has 2 N–H and O–H groups in total. The minimum Gasteiger partial charge on any atom is -0.504 e. The van der Waals surface area contributed by atoms with Crippen LogP contribution in [0.2, 0.25) is 0 Å². The second-order valence-corrected chi connectivity index (χ2v) is 8.27. The van der Waals surface area contributed by atoms with Crippen molar-refractivity contribution in [3.63, 3.8) is 0 Å². The average molecular weight is 466 g/mol. The molecule has 8 nitrogen and oxygen atoms in total. The molecule has 2 heterocycles. The fraction of sp³-hybridized carbons (Fsp3) is 0.308. The van der Waals surface area contributed by atoms with E-state index in [1.807, 2.05) is 42.5 Å². The number of anilines is 1. The Bertz CT molecular complexity index is 1190.